The van der Waals surface area contributed by atoms with Crippen molar-refractivity contribution in [2.24, 2.45) is 0 Å². The van der Waals surface area contributed by atoms with E-state index in [2.05, 4.69) is 20.8 Å². The van der Waals surface area contributed by atoms with Crippen LogP contribution in [0.3, 0.4) is 0 Å². The third kappa shape index (κ3) is 3.69. The Morgan fingerprint density at radius 1 is 1.36 bits per heavy atom. The highest BCUT2D eigenvalue weighted by Gasteiger charge is 2.43. The summed E-state index contributed by atoms with van der Waals surface area (Å²) in [4.78, 5) is 26.8. The van der Waals surface area contributed by atoms with Crippen molar-refractivity contribution in [2.45, 2.75) is 50.8 Å². The maximum atomic E-state index is 12.5. The van der Waals surface area contributed by atoms with Crippen LogP contribution in [0.4, 0.5) is 0 Å². The second-order valence-corrected chi connectivity index (χ2v) is 7.38. The Morgan fingerprint density at radius 3 is 3.00 bits per heavy atom. The third-order valence-corrected chi connectivity index (χ3v) is 5.60. The van der Waals surface area contributed by atoms with Gasteiger partial charge in [-0.1, -0.05) is 18.2 Å². The van der Waals surface area contributed by atoms with E-state index in [1.165, 1.54) is 11.0 Å². The van der Waals surface area contributed by atoms with Crippen LogP contribution >= 0.6 is 0 Å². The van der Waals surface area contributed by atoms with Gasteiger partial charge in [-0.15, -0.1) is 5.10 Å². The van der Waals surface area contributed by atoms with E-state index in [-0.39, 0.29) is 24.4 Å². The number of para-hydroxylation sites is 1. The number of benzene rings is 1. The number of aromatic nitrogens is 4. The highest BCUT2D eigenvalue weighted by molar-refractivity contribution is 5.77. The number of ether oxygens (including phenoxy) is 1. The molecule has 3 heterocycles. The maximum absolute atomic E-state index is 12.5. The van der Waals surface area contributed by atoms with Crippen LogP contribution in [0.2, 0.25) is 0 Å². The fourth-order valence-corrected chi connectivity index (χ4v) is 4.11. The Bertz CT molecular complexity index is 855. The molecular formula is C19H24N6O3. The van der Waals surface area contributed by atoms with Crippen molar-refractivity contribution in [1.29, 1.82) is 0 Å². The highest BCUT2D eigenvalue weighted by Crippen LogP contribution is 2.44. The van der Waals surface area contributed by atoms with Crippen LogP contribution in [-0.2, 0) is 16.1 Å². The van der Waals surface area contributed by atoms with Crippen molar-refractivity contribution in [3.8, 4) is 5.75 Å². The fraction of sp³-hybridized carbons (Fsp3) is 0.526. The number of fused-ring (bicyclic) bond motifs is 1. The van der Waals surface area contributed by atoms with Crippen LogP contribution in [0.1, 0.15) is 44.2 Å². The second-order valence-electron chi connectivity index (χ2n) is 7.38. The minimum absolute atomic E-state index is 0.0572. The van der Waals surface area contributed by atoms with E-state index in [1.807, 2.05) is 36.1 Å². The molecule has 2 aliphatic heterocycles. The average Bonchev–Trinajstić information content (AvgIpc) is 3.14. The monoisotopic (exact) mass is 384 g/mol. The lowest BCUT2D eigenvalue weighted by Gasteiger charge is -2.42. The van der Waals surface area contributed by atoms with E-state index in [4.69, 9.17) is 4.74 Å². The summed E-state index contributed by atoms with van der Waals surface area (Å²) >= 11 is 0. The predicted molar refractivity (Wildman–Crippen MR) is 99.2 cm³/mol. The van der Waals surface area contributed by atoms with Crippen LogP contribution in [0.5, 0.6) is 5.75 Å². The smallest absolute Gasteiger partial charge is 0.242 e. The first-order chi connectivity index (χ1) is 13.6. The summed E-state index contributed by atoms with van der Waals surface area (Å²) in [7, 11) is 0. The summed E-state index contributed by atoms with van der Waals surface area (Å²) in [5, 5.41) is 14.0. The molecule has 1 aromatic heterocycles. The molecule has 0 bridgehead atoms. The SMILES string of the molecule is CCN1CCC2(CCC1=O)CC(NC(=O)Cn1cnnn1)c1ccccc1O2. The van der Waals surface area contributed by atoms with Crippen molar-refractivity contribution < 1.29 is 14.3 Å². The third-order valence-electron chi connectivity index (χ3n) is 5.60. The van der Waals surface area contributed by atoms with Gasteiger partial charge in [-0.3, -0.25) is 9.59 Å². The van der Waals surface area contributed by atoms with Crippen molar-refractivity contribution in [1.82, 2.24) is 30.4 Å². The van der Waals surface area contributed by atoms with Gasteiger partial charge in [-0.25, -0.2) is 4.68 Å². The lowest BCUT2D eigenvalue weighted by Crippen LogP contribution is -2.46. The summed E-state index contributed by atoms with van der Waals surface area (Å²) in [6, 6.07) is 7.59. The van der Waals surface area contributed by atoms with Gasteiger partial charge in [-0.05, 0) is 29.8 Å². The van der Waals surface area contributed by atoms with E-state index in [1.54, 1.807) is 0 Å². The standard InChI is InChI=1S/C19H24N6O3/c1-2-24-10-9-19(8-7-18(24)27)11-15(14-5-3-4-6-16(14)28-19)21-17(26)12-25-13-20-22-23-25/h3-6,13,15H,2,7-12H2,1H3,(H,21,26). The number of carbonyl (C=O) groups is 2. The summed E-state index contributed by atoms with van der Waals surface area (Å²) in [5.41, 5.74) is 0.502. The van der Waals surface area contributed by atoms with E-state index < -0.39 is 5.60 Å². The maximum Gasteiger partial charge on any atom is 0.242 e. The van der Waals surface area contributed by atoms with Gasteiger partial charge in [0.2, 0.25) is 11.8 Å². The van der Waals surface area contributed by atoms with E-state index in [0.29, 0.717) is 32.4 Å². The normalized spacial score (nSPS) is 24.4. The molecule has 2 amide bonds. The number of nitrogens with one attached hydrogen (secondary N) is 1. The molecule has 2 aromatic rings. The quantitative estimate of drug-likeness (QED) is 0.846. The van der Waals surface area contributed by atoms with E-state index in [9.17, 15) is 9.59 Å². The van der Waals surface area contributed by atoms with Crippen molar-refractivity contribution in [3.63, 3.8) is 0 Å². The molecule has 1 saturated heterocycles. The zero-order valence-corrected chi connectivity index (χ0v) is 15.9. The number of hydrogen-bond donors (Lipinski definition) is 1. The van der Waals surface area contributed by atoms with Crippen LogP contribution < -0.4 is 10.1 Å². The Balaban J connectivity index is 1.55. The second kappa shape index (κ2) is 7.57. The number of amides is 2. The molecule has 2 aliphatic rings. The number of carbonyl (C=O) groups excluding carboxylic acids is 2. The Labute approximate surface area is 163 Å². The van der Waals surface area contributed by atoms with Gasteiger partial charge in [0.15, 0.2) is 0 Å². The van der Waals surface area contributed by atoms with Crippen LogP contribution in [0.25, 0.3) is 0 Å². The van der Waals surface area contributed by atoms with Gasteiger partial charge in [0.1, 0.15) is 24.2 Å². The molecule has 2 unspecified atom stereocenters. The molecule has 9 nitrogen and oxygen atoms in total. The Morgan fingerprint density at radius 2 is 2.21 bits per heavy atom. The molecule has 9 heteroatoms. The van der Waals surface area contributed by atoms with Crippen molar-refractivity contribution in [3.05, 3.63) is 36.2 Å². The largest absolute Gasteiger partial charge is 0.487 e. The van der Waals surface area contributed by atoms with Gasteiger partial charge in [0.05, 0.1) is 6.04 Å². The summed E-state index contributed by atoms with van der Waals surface area (Å²) in [5.74, 6) is 0.781. The van der Waals surface area contributed by atoms with Crippen LogP contribution in [0, 0.1) is 0 Å². The molecule has 1 fully saturated rings. The van der Waals surface area contributed by atoms with Crippen LogP contribution in [0.15, 0.2) is 30.6 Å². The summed E-state index contributed by atoms with van der Waals surface area (Å²) in [6.07, 6.45) is 3.91. The van der Waals surface area contributed by atoms with Gasteiger partial charge < -0.3 is 15.0 Å². The first-order valence-electron chi connectivity index (χ1n) is 9.64. The number of hydrogen-bond acceptors (Lipinski definition) is 6. The minimum Gasteiger partial charge on any atom is -0.487 e. The zero-order valence-electron chi connectivity index (χ0n) is 15.9. The average molecular weight is 384 g/mol. The molecule has 148 valence electrons. The predicted octanol–water partition coefficient (Wildman–Crippen LogP) is 1.08. The molecule has 0 radical (unpaired) electrons. The van der Waals surface area contributed by atoms with Gasteiger partial charge >= 0.3 is 0 Å². The minimum atomic E-state index is -0.458. The lowest BCUT2D eigenvalue weighted by molar-refractivity contribution is -0.130. The molecule has 0 aliphatic carbocycles. The molecule has 4 rings (SSSR count). The van der Waals surface area contributed by atoms with Gasteiger partial charge in [-0.2, -0.15) is 0 Å². The molecule has 2 atom stereocenters. The molecule has 0 saturated carbocycles. The van der Waals surface area contributed by atoms with E-state index in [0.717, 1.165) is 17.7 Å². The number of rotatable bonds is 4. The van der Waals surface area contributed by atoms with Crippen LogP contribution in [-0.4, -0.2) is 55.6 Å². The summed E-state index contributed by atoms with van der Waals surface area (Å²) < 4.78 is 7.82. The first-order valence-corrected chi connectivity index (χ1v) is 9.64. The fourth-order valence-electron chi connectivity index (χ4n) is 4.11. The molecular weight excluding hydrogens is 360 g/mol. The van der Waals surface area contributed by atoms with Gasteiger partial charge in [0, 0.05) is 37.9 Å². The van der Waals surface area contributed by atoms with Crippen molar-refractivity contribution >= 4 is 11.8 Å². The lowest BCUT2D eigenvalue weighted by atomic mass is 9.82. The zero-order chi connectivity index (χ0) is 19.6. The number of tetrazole rings is 1. The molecule has 1 spiro atoms. The number of nitrogens with zero attached hydrogens (tertiary/aromatic N) is 5. The number of likely N-dealkylation sites (tertiary alicyclic amines) is 1. The van der Waals surface area contributed by atoms with Gasteiger partial charge in [0.25, 0.3) is 0 Å². The summed E-state index contributed by atoms with van der Waals surface area (Å²) in [6.45, 7) is 3.43. The molecule has 1 N–H and O–H groups in total. The highest BCUT2D eigenvalue weighted by atomic mass is 16.5. The first kappa shape index (κ1) is 18.4. The van der Waals surface area contributed by atoms with E-state index >= 15 is 0 Å². The topological polar surface area (TPSA) is 102 Å². The molecule has 28 heavy (non-hydrogen) atoms. The Hall–Kier alpha value is -2.97. The van der Waals surface area contributed by atoms with Crippen molar-refractivity contribution in [2.75, 3.05) is 13.1 Å². The molecule has 1 aromatic carbocycles. The Kier molecular flexibility index (Phi) is 4.97.